The molecule has 0 aromatic heterocycles. The molecule has 0 unspecified atom stereocenters. The average molecular weight is 386 g/mol. The third-order valence-corrected chi connectivity index (χ3v) is 5.35. The maximum Gasteiger partial charge on any atom is 0.328 e. The predicted octanol–water partition coefficient (Wildman–Crippen LogP) is 3.33. The molecule has 1 aromatic rings. The van der Waals surface area contributed by atoms with E-state index in [0.29, 0.717) is 26.1 Å². The van der Waals surface area contributed by atoms with Crippen LogP contribution in [0.1, 0.15) is 47.9 Å². The van der Waals surface area contributed by atoms with E-state index in [9.17, 15) is 9.59 Å². The van der Waals surface area contributed by atoms with Crippen LogP contribution in [0.2, 0.25) is 0 Å². The Bertz CT molecular complexity index is 706. The fourth-order valence-electron chi connectivity index (χ4n) is 3.97. The maximum atomic E-state index is 11.0. The van der Waals surface area contributed by atoms with Crippen molar-refractivity contribution in [2.75, 3.05) is 13.2 Å². The van der Waals surface area contributed by atoms with Gasteiger partial charge in [0.2, 0.25) is 0 Å². The van der Waals surface area contributed by atoms with Crippen LogP contribution >= 0.6 is 0 Å². The molecule has 0 amide bonds. The molecule has 0 saturated heterocycles. The maximum absolute atomic E-state index is 11.0. The Balaban J connectivity index is 1.97. The molecule has 0 spiro atoms. The van der Waals surface area contributed by atoms with E-state index in [0.717, 1.165) is 60.1 Å². The lowest BCUT2D eigenvalue weighted by molar-refractivity contribution is -0.132. The molecule has 3 aliphatic rings. The third kappa shape index (κ3) is 5.53. The summed E-state index contributed by atoms with van der Waals surface area (Å²) < 4.78 is 12.1. The minimum atomic E-state index is -1.01. The molecule has 1 aliphatic carbocycles. The number of rotatable bonds is 4. The minimum Gasteiger partial charge on any atom is -0.478 e. The summed E-state index contributed by atoms with van der Waals surface area (Å²) in [7, 11) is 0. The fourth-order valence-corrected chi connectivity index (χ4v) is 3.97. The van der Waals surface area contributed by atoms with Gasteiger partial charge in [0.1, 0.15) is 0 Å². The van der Waals surface area contributed by atoms with E-state index in [1.54, 1.807) is 12.2 Å². The van der Waals surface area contributed by atoms with Crippen molar-refractivity contribution >= 4 is 24.1 Å². The first kappa shape index (κ1) is 20.3. The smallest absolute Gasteiger partial charge is 0.328 e. The van der Waals surface area contributed by atoms with Crippen molar-refractivity contribution in [3.05, 3.63) is 46.5 Å². The second kappa shape index (κ2) is 9.66. The Morgan fingerprint density at radius 3 is 1.54 bits per heavy atom. The average Bonchev–Trinajstić information content (AvgIpc) is 2.65. The Hall–Kier alpha value is -2.44. The molecule has 6 nitrogen and oxygen atoms in total. The number of hydrogen-bond acceptors (Lipinski definition) is 4. The quantitative estimate of drug-likeness (QED) is 0.771. The molecule has 1 aromatic carbocycles. The van der Waals surface area contributed by atoms with E-state index in [1.807, 2.05) is 12.1 Å². The summed E-state index contributed by atoms with van der Waals surface area (Å²) in [4.78, 5) is 21.9. The normalized spacial score (nSPS) is 23.3. The molecule has 1 saturated carbocycles. The van der Waals surface area contributed by atoms with E-state index >= 15 is 0 Å². The van der Waals surface area contributed by atoms with Crippen molar-refractivity contribution < 1.29 is 29.3 Å². The Kier molecular flexibility index (Phi) is 7.01. The van der Waals surface area contributed by atoms with Gasteiger partial charge in [-0.15, -0.1) is 0 Å². The lowest BCUT2D eigenvalue weighted by Gasteiger charge is -2.30. The van der Waals surface area contributed by atoms with Gasteiger partial charge < -0.3 is 19.7 Å². The summed E-state index contributed by atoms with van der Waals surface area (Å²) in [6.45, 7) is 1.12. The zero-order valence-corrected chi connectivity index (χ0v) is 15.8. The van der Waals surface area contributed by atoms with Gasteiger partial charge in [-0.3, -0.25) is 0 Å². The van der Waals surface area contributed by atoms with Gasteiger partial charge in [-0.05, 0) is 72.9 Å². The van der Waals surface area contributed by atoms with Gasteiger partial charge in [-0.1, -0.05) is 12.1 Å². The van der Waals surface area contributed by atoms with Crippen molar-refractivity contribution in [1.82, 2.24) is 0 Å². The first-order valence-corrected chi connectivity index (χ1v) is 9.73. The van der Waals surface area contributed by atoms with Crippen LogP contribution in [0.5, 0.6) is 0 Å². The van der Waals surface area contributed by atoms with Crippen molar-refractivity contribution in [2.45, 2.75) is 50.7 Å². The highest BCUT2D eigenvalue weighted by atomic mass is 16.5. The molecule has 2 bridgehead atoms. The highest BCUT2D eigenvalue weighted by Gasteiger charge is 2.23. The van der Waals surface area contributed by atoms with Gasteiger partial charge in [0, 0.05) is 12.2 Å². The van der Waals surface area contributed by atoms with E-state index in [2.05, 4.69) is 0 Å². The van der Waals surface area contributed by atoms with Crippen molar-refractivity contribution in [2.24, 2.45) is 0 Å². The second-order valence-electron chi connectivity index (χ2n) is 7.18. The summed E-state index contributed by atoms with van der Waals surface area (Å²) in [5.74, 6) is -2.01. The zero-order valence-electron chi connectivity index (χ0n) is 15.8. The van der Waals surface area contributed by atoms with Crippen LogP contribution in [0.15, 0.2) is 24.3 Å². The van der Waals surface area contributed by atoms with Crippen LogP contribution in [-0.4, -0.2) is 47.6 Å². The summed E-state index contributed by atoms with van der Waals surface area (Å²) in [6, 6.07) is 3.66. The third-order valence-electron chi connectivity index (χ3n) is 5.35. The van der Waals surface area contributed by atoms with Crippen molar-refractivity contribution in [3.63, 3.8) is 0 Å². The molecular formula is C22H26O6. The van der Waals surface area contributed by atoms with Crippen LogP contribution in [0.4, 0.5) is 0 Å². The molecule has 4 rings (SSSR count). The van der Waals surface area contributed by atoms with Gasteiger partial charge >= 0.3 is 11.9 Å². The van der Waals surface area contributed by atoms with E-state index in [-0.39, 0.29) is 12.2 Å². The number of hydrogen-bond donors (Lipinski definition) is 2. The number of aliphatic carboxylic acids is 2. The SMILES string of the molecule is O=C(O)C=Cc1ccc(C=CC(=O)O)c2c1CCOC1CCC(CC1)OCC2. The van der Waals surface area contributed by atoms with Gasteiger partial charge in [-0.2, -0.15) is 0 Å². The van der Waals surface area contributed by atoms with Crippen molar-refractivity contribution in [1.29, 1.82) is 0 Å². The number of carbonyl (C=O) groups is 2. The molecule has 0 radical (unpaired) electrons. The van der Waals surface area contributed by atoms with Gasteiger partial charge in [0.05, 0.1) is 25.4 Å². The van der Waals surface area contributed by atoms with Gasteiger partial charge in [0.25, 0.3) is 0 Å². The van der Waals surface area contributed by atoms with Crippen LogP contribution in [0.25, 0.3) is 12.2 Å². The zero-order chi connectivity index (χ0) is 19.9. The van der Waals surface area contributed by atoms with Crippen LogP contribution in [-0.2, 0) is 31.9 Å². The van der Waals surface area contributed by atoms with E-state index < -0.39 is 11.9 Å². The minimum absolute atomic E-state index is 0.246. The highest BCUT2D eigenvalue weighted by molar-refractivity contribution is 5.87. The molecule has 150 valence electrons. The fraction of sp³-hybridized carbons (Fsp3) is 0.455. The molecule has 2 heterocycles. The van der Waals surface area contributed by atoms with Crippen LogP contribution < -0.4 is 0 Å². The Morgan fingerprint density at radius 1 is 0.786 bits per heavy atom. The number of carboxylic acid groups (broad SMARTS) is 2. The number of carboxylic acids is 2. The van der Waals surface area contributed by atoms with E-state index in [1.165, 1.54) is 0 Å². The lowest BCUT2D eigenvalue weighted by Crippen LogP contribution is -2.28. The molecule has 0 atom stereocenters. The van der Waals surface area contributed by atoms with Crippen LogP contribution in [0.3, 0.4) is 0 Å². The molecule has 28 heavy (non-hydrogen) atoms. The Morgan fingerprint density at radius 2 is 1.18 bits per heavy atom. The van der Waals surface area contributed by atoms with Crippen LogP contribution in [0, 0.1) is 0 Å². The molecule has 1 fully saturated rings. The van der Waals surface area contributed by atoms with E-state index in [4.69, 9.17) is 19.7 Å². The molecule has 2 N–H and O–H groups in total. The first-order chi connectivity index (χ1) is 13.5. The summed E-state index contributed by atoms with van der Waals surface area (Å²) in [6.07, 6.45) is 11.2. The highest BCUT2D eigenvalue weighted by Crippen LogP contribution is 2.28. The summed E-state index contributed by atoms with van der Waals surface area (Å²) in [5.41, 5.74) is 3.61. The summed E-state index contributed by atoms with van der Waals surface area (Å²) >= 11 is 0. The second-order valence-corrected chi connectivity index (χ2v) is 7.18. The first-order valence-electron chi connectivity index (χ1n) is 9.73. The molecule has 6 heteroatoms. The van der Waals surface area contributed by atoms with Crippen molar-refractivity contribution in [3.8, 4) is 0 Å². The number of ether oxygens (including phenoxy) is 2. The van der Waals surface area contributed by atoms with Gasteiger partial charge in [-0.25, -0.2) is 9.59 Å². The molecular weight excluding hydrogens is 360 g/mol. The number of benzene rings is 1. The summed E-state index contributed by atoms with van der Waals surface area (Å²) in [5, 5.41) is 18.0. The predicted molar refractivity (Wildman–Crippen MR) is 105 cm³/mol. The number of fused-ring (bicyclic) bond motifs is 6. The Labute approximate surface area is 164 Å². The monoisotopic (exact) mass is 386 g/mol. The topological polar surface area (TPSA) is 93.1 Å². The lowest BCUT2D eigenvalue weighted by atomic mass is 9.90. The van der Waals surface area contributed by atoms with Gasteiger partial charge in [0.15, 0.2) is 0 Å². The largest absolute Gasteiger partial charge is 0.478 e. The standard InChI is InChI=1S/C22H26O6/c23-21(24)9-3-15-1-2-16(4-10-22(25)26)20-12-14-28-18-7-5-17(6-8-18)27-13-11-19(15)20/h1-4,9-10,17-18H,5-8,11-14H2,(H,23,24)(H,25,26). The molecule has 2 aliphatic heterocycles.